The Morgan fingerprint density at radius 2 is 2.00 bits per heavy atom. The molecule has 0 saturated heterocycles. The van der Waals surface area contributed by atoms with Gasteiger partial charge in [-0.3, -0.25) is 9.20 Å². The first kappa shape index (κ1) is 17.5. The smallest absolute Gasteiger partial charge is 0.410 e. The van der Waals surface area contributed by atoms with Crippen LogP contribution in [0.1, 0.15) is 43.7 Å². The van der Waals surface area contributed by atoms with Crippen LogP contribution in [0.3, 0.4) is 0 Å². The summed E-state index contributed by atoms with van der Waals surface area (Å²) in [6.45, 7) is 7.28. The van der Waals surface area contributed by atoms with E-state index in [1.54, 1.807) is 29.8 Å². The minimum Gasteiger partial charge on any atom is -0.444 e. The van der Waals surface area contributed by atoms with Gasteiger partial charge < -0.3 is 9.64 Å². The van der Waals surface area contributed by atoms with E-state index >= 15 is 0 Å². The highest BCUT2D eigenvalue weighted by Gasteiger charge is 2.21. The molecule has 124 valence electrons. The summed E-state index contributed by atoms with van der Waals surface area (Å²) in [5.74, 6) is -0.0140. The number of ketones is 1. The monoisotopic (exact) mass is 381 g/mol. The van der Waals surface area contributed by atoms with Crippen LogP contribution in [0.15, 0.2) is 22.9 Å². The van der Waals surface area contributed by atoms with Crippen molar-refractivity contribution in [2.45, 2.75) is 39.8 Å². The second-order valence-electron chi connectivity index (χ2n) is 6.39. The summed E-state index contributed by atoms with van der Waals surface area (Å²) >= 11 is 3.48. The highest BCUT2D eigenvalue weighted by Crippen LogP contribution is 2.22. The molecule has 0 bridgehead atoms. The minimum absolute atomic E-state index is 0.0140. The molecule has 2 rings (SSSR count). The van der Waals surface area contributed by atoms with Crippen molar-refractivity contribution in [2.75, 3.05) is 7.05 Å². The van der Waals surface area contributed by atoms with Crippen LogP contribution in [-0.2, 0) is 11.3 Å². The average molecular weight is 382 g/mol. The number of fused-ring (bicyclic) bond motifs is 1. The summed E-state index contributed by atoms with van der Waals surface area (Å²) in [6, 6.07) is 3.51. The van der Waals surface area contributed by atoms with E-state index in [2.05, 4.69) is 20.9 Å². The molecular formula is C16H20BrN3O3. The number of amides is 1. The van der Waals surface area contributed by atoms with Gasteiger partial charge in [-0.1, -0.05) is 0 Å². The average Bonchev–Trinajstić information content (AvgIpc) is 2.73. The van der Waals surface area contributed by atoms with Crippen LogP contribution in [0, 0.1) is 0 Å². The number of ether oxygens (including phenoxy) is 1. The van der Waals surface area contributed by atoms with Gasteiger partial charge in [0, 0.05) is 18.8 Å². The molecule has 2 aromatic heterocycles. The maximum atomic E-state index is 12.0. The Labute approximate surface area is 143 Å². The SMILES string of the molecule is CC(=O)c1ccc2nc(CN(C)C(=O)OC(C)(C)C)c(Br)n2c1. The standard InChI is InChI=1S/C16H20BrN3O3/c1-10(21)11-6-7-13-18-12(14(17)20(13)8-11)9-19(5)15(22)23-16(2,3)4/h6-8H,9H2,1-5H3. The molecular weight excluding hydrogens is 362 g/mol. The third-order valence-electron chi connectivity index (χ3n) is 3.12. The summed E-state index contributed by atoms with van der Waals surface area (Å²) in [7, 11) is 1.66. The highest BCUT2D eigenvalue weighted by atomic mass is 79.9. The van der Waals surface area contributed by atoms with Gasteiger partial charge in [0.15, 0.2) is 5.78 Å². The van der Waals surface area contributed by atoms with Crippen LogP contribution in [0.2, 0.25) is 0 Å². The van der Waals surface area contributed by atoms with E-state index in [1.807, 2.05) is 20.8 Å². The molecule has 0 atom stereocenters. The highest BCUT2D eigenvalue weighted by molar-refractivity contribution is 9.10. The molecule has 0 aliphatic heterocycles. The number of carbonyl (C=O) groups is 2. The number of hydrogen-bond donors (Lipinski definition) is 0. The summed E-state index contributed by atoms with van der Waals surface area (Å²) in [4.78, 5) is 29.5. The molecule has 0 fully saturated rings. The molecule has 0 aromatic carbocycles. The van der Waals surface area contributed by atoms with Crippen molar-refractivity contribution in [3.8, 4) is 0 Å². The second kappa shape index (κ2) is 6.31. The lowest BCUT2D eigenvalue weighted by molar-refractivity contribution is 0.0283. The van der Waals surface area contributed by atoms with Crippen LogP contribution in [0.4, 0.5) is 4.79 Å². The first-order chi connectivity index (χ1) is 10.6. The van der Waals surface area contributed by atoms with Gasteiger partial charge in [-0.15, -0.1) is 0 Å². The van der Waals surface area contributed by atoms with Gasteiger partial charge in [0.2, 0.25) is 0 Å². The number of Topliss-reactive ketones (excluding diaryl/α,β-unsaturated/α-hetero) is 1. The Balaban J connectivity index is 2.25. The molecule has 6 nitrogen and oxygen atoms in total. The Bertz CT molecular complexity index is 762. The maximum absolute atomic E-state index is 12.0. The zero-order valence-electron chi connectivity index (χ0n) is 13.9. The van der Waals surface area contributed by atoms with Crippen molar-refractivity contribution < 1.29 is 14.3 Å². The van der Waals surface area contributed by atoms with Crippen molar-refractivity contribution in [3.63, 3.8) is 0 Å². The van der Waals surface area contributed by atoms with E-state index in [0.717, 1.165) is 0 Å². The Morgan fingerprint density at radius 1 is 1.35 bits per heavy atom. The first-order valence-electron chi connectivity index (χ1n) is 7.20. The number of halogens is 1. The maximum Gasteiger partial charge on any atom is 0.410 e. The number of nitrogens with zero attached hydrogens (tertiary/aromatic N) is 3. The summed E-state index contributed by atoms with van der Waals surface area (Å²) in [6.07, 6.45) is 1.32. The number of imidazole rings is 1. The van der Waals surface area contributed by atoms with Gasteiger partial charge >= 0.3 is 6.09 Å². The third kappa shape index (κ3) is 4.10. The molecule has 0 aliphatic rings. The lowest BCUT2D eigenvalue weighted by Crippen LogP contribution is -2.33. The van der Waals surface area contributed by atoms with E-state index in [9.17, 15) is 9.59 Å². The molecule has 2 heterocycles. The van der Waals surface area contributed by atoms with Gasteiger partial charge in [0.25, 0.3) is 0 Å². The normalized spacial score (nSPS) is 11.6. The van der Waals surface area contributed by atoms with E-state index < -0.39 is 11.7 Å². The molecule has 23 heavy (non-hydrogen) atoms. The summed E-state index contributed by atoms with van der Waals surface area (Å²) in [5, 5.41) is 0. The number of hydrogen-bond acceptors (Lipinski definition) is 4. The number of pyridine rings is 1. The summed E-state index contributed by atoms with van der Waals surface area (Å²) in [5.41, 5.74) is 1.45. The van der Waals surface area contributed by atoms with Crippen LogP contribution < -0.4 is 0 Å². The molecule has 0 unspecified atom stereocenters. The van der Waals surface area contributed by atoms with E-state index in [-0.39, 0.29) is 5.78 Å². The Morgan fingerprint density at radius 3 is 2.57 bits per heavy atom. The topological polar surface area (TPSA) is 63.9 Å². The molecule has 0 radical (unpaired) electrons. The molecule has 1 amide bonds. The zero-order chi connectivity index (χ0) is 17.4. The van der Waals surface area contributed by atoms with Crippen molar-refractivity contribution in [3.05, 3.63) is 34.2 Å². The van der Waals surface area contributed by atoms with Crippen LogP contribution in [0.5, 0.6) is 0 Å². The third-order valence-corrected chi connectivity index (χ3v) is 3.96. The largest absolute Gasteiger partial charge is 0.444 e. The number of carbonyl (C=O) groups excluding carboxylic acids is 2. The van der Waals surface area contributed by atoms with Gasteiger partial charge in [0.1, 0.15) is 15.9 Å². The molecule has 0 saturated carbocycles. The molecule has 2 aromatic rings. The fourth-order valence-corrected chi connectivity index (χ4v) is 2.50. The predicted molar refractivity (Wildman–Crippen MR) is 90.6 cm³/mol. The lowest BCUT2D eigenvalue weighted by atomic mass is 10.2. The quantitative estimate of drug-likeness (QED) is 0.760. The van der Waals surface area contributed by atoms with Crippen LogP contribution in [0.25, 0.3) is 5.65 Å². The molecule has 7 heteroatoms. The van der Waals surface area contributed by atoms with Gasteiger partial charge in [-0.2, -0.15) is 0 Å². The first-order valence-corrected chi connectivity index (χ1v) is 7.99. The number of aromatic nitrogens is 2. The molecule has 0 N–H and O–H groups in total. The lowest BCUT2D eigenvalue weighted by Gasteiger charge is -2.24. The Hall–Kier alpha value is -1.89. The minimum atomic E-state index is -0.544. The zero-order valence-corrected chi connectivity index (χ0v) is 15.5. The van der Waals surface area contributed by atoms with Crippen molar-refractivity contribution in [2.24, 2.45) is 0 Å². The fourth-order valence-electron chi connectivity index (χ4n) is 2.00. The van der Waals surface area contributed by atoms with Crippen molar-refractivity contribution in [1.82, 2.24) is 14.3 Å². The fraction of sp³-hybridized carbons (Fsp3) is 0.438. The van der Waals surface area contributed by atoms with Crippen LogP contribution in [-0.4, -0.2) is 38.8 Å². The Kier molecular flexibility index (Phi) is 4.79. The van der Waals surface area contributed by atoms with E-state index in [4.69, 9.17) is 4.74 Å². The summed E-state index contributed by atoms with van der Waals surface area (Å²) < 4.78 is 7.83. The van der Waals surface area contributed by atoms with Crippen LogP contribution >= 0.6 is 15.9 Å². The van der Waals surface area contributed by atoms with Gasteiger partial charge in [0.05, 0.1) is 12.2 Å². The van der Waals surface area contributed by atoms with Gasteiger partial charge in [-0.25, -0.2) is 9.78 Å². The molecule has 0 aliphatic carbocycles. The van der Waals surface area contributed by atoms with E-state index in [0.29, 0.717) is 28.1 Å². The van der Waals surface area contributed by atoms with Crippen molar-refractivity contribution in [1.29, 1.82) is 0 Å². The number of rotatable bonds is 3. The predicted octanol–water partition coefficient (Wildman–Crippen LogP) is 3.67. The molecule has 0 spiro atoms. The van der Waals surface area contributed by atoms with Gasteiger partial charge in [-0.05, 0) is 55.8 Å². The second-order valence-corrected chi connectivity index (χ2v) is 7.14. The van der Waals surface area contributed by atoms with Crippen molar-refractivity contribution >= 4 is 33.5 Å². The van der Waals surface area contributed by atoms with E-state index in [1.165, 1.54) is 11.8 Å².